The standard InChI is InChI=1S/C30H41NO3/c1-4-5-19-30(33)20-13-12-18-28(30)21-29(34-25(3)32)24(2)31(22-26-14-8-6-9-15-26)23-27-16-10-7-11-17-27/h6-11,14-18,24,29,33H,4-5,12-13,19-23H2,1-3H3/t24-,29+,30?/m0/s1. The van der Waals surface area contributed by atoms with Crippen LogP contribution in [0.1, 0.15) is 76.8 Å². The number of hydrogen-bond donors (Lipinski definition) is 1. The minimum atomic E-state index is -0.782. The Morgan fingerprint density at radius 3 is 2.18 bits per heavy atom. The predicted octanol–water partition coefficient (Wildman–Crippen LogP) is 6.43. The van der Waals surface area contributed by atoms with Gasteiger partial charge in [0.2, 0.25) is 0 Å². The van der Waals surface area contributed by atoms with Crippen molar-refractivity contribution in [2.75, 3.05) is 0 Å². The summed E-state index contributed by atoms with van der Waals surface area (Å²) >= 11 is 0. The minimum Gasteiger partial charge on any atom is -0.461 e. The molecule has 1 aliphatic carbocycles. The number of esters is 1. The van der Waals surface area contributed by atoms with Gasteiger partial charge in [-0.1, -0.05) is 86.5 Å². The van der Waals surface area contributed by atoms with Gasteiger partial charge in [0.05, 0.1) is 5.60 Å². The first kappa shape index (κ1) is 26.2. The molecule has 0 radical (unpaired) electrons. The fourth-order valence-corrected chi connectivity index (χ4v) is 5.00. The second-order valence-corrected chi connectivity index (χ2v) is 9.73. The SMILES string of the molecule is CCCCC1(O)CCCC=C1C[C@@H](OC(C)=O)[C@H](C)N(Cc1ccccc1)Cc1ccccc1. The molecule has 1 aliphatic rings. The summed E-state index contributed by atoms with van der Waals surface area (Å²) in [4.78, 5) is 14.5. The summed E-state index contributed by atoms with van der Waals surface area (Å²) in [7, 11) is 0. The molecule has 0 bridgehead atoms. The lowest BCUT2D eigenvalue weighted by Crippen LogP contribution is -2.45. The Kier molecular flexibility index (Phi) is 9.91. The molecule has 3 rings (SSSR count). The summed E-state index contributed by atoms with van der Waals surface area (Å²) in [5.74, 6) is -0.273. The third-order valence-corrected chi connectivity index (χ3v) is 7.04. The fraction of sp³-hybridized carbons (Fsp3) is 0.500. The van der Waals surface area contributed by atoms with E-state index in [1.165, 1.54) is 18.1 Å². The molecule has 0 saturated carbocycles. The fourth-order valence-electron chi connectivity index (χ4n) is 5.00. The highest BCUT2D eigenvalue weighted by Crippen LogP contribution is 2.37. The van der Waals surface area contributed by atoms with Crippen LogP contribution in [0.15, 0.2) is 72.3 Å². The van der Waals surface area contributed by atoms with Crippen LogP contribution in [0.4, 0.5) is 0 Å². The number of allylic oxidation sites excluding steroid dienone is 1. The zero-order chi connectivity index (χ0) is 24.4. The highest BCUT2D eigenvalue weighted by Gasteiger charge is 2.36. The average molecular weight is 464 g/mol. The summed E-state index contributed by atoms with van der Waals surface area (Å²) in [6, 6.07) is 20.8. The number of unbranched alkanes of at least 4 members (excludes halogenated alkanes) is 1. The normalized spacial score (nSPS) is 20.0. The van der Waals surface area contributed by atoms with E-state index in [1.54, 1.807) is 0 Å². The van der Waals surface area contributed by atoms with Crippen molar-refractivity contribution in [3.05, 3.63) is 83.4 Å². The van der Waals surface area contributed by atoms with E-state index in [9.17, 15) is 9.90 Å². The number of carbonyl (C=O) groups excluding carboxylic acids is 1. The van der Waals surface area contributed by atoms with Crippen LogP contribution in [-0.4, -0.2) is 33.7 Å². The number of aliphatic hydroxyl groups is 1. The molecule has 0 amide bonds. The molecular weight excluding hydrogens is 422 g/mol. The van der Waals surface area contributed by atoms with Crippen LogP contribution in [0.3, 0.4) is 0 Å². The molecule has 4 nitrogen and oxygen atoms in total. The molecule has 0 heterocycles. The summed E-state index contributed by atoms with van der Waals surface area (Å²) in [6.45, 7) is 7.30. The van der Waals surface area contributed by atoms with Gasteiger partial charge in [-0.25, -0.2) is 0 Å². The van der Waals surface area contributed by atoms with Crippen molar-refractivity contribution in [3.8, 4) is 0 Å². The molecule has 1 unspecified atom stereocenters. The Bertz CT molecular complexity index is 870. The Morgan fingerprint density at radius 1 is 1.06 bits per heavy atom. The molecular formula is C30H41NO3. The van der Waals surface area contributed by atoms with Crippen LogP contribution in [0, 0.1) is 0 Å². The van der Waals surface area contributed by atoms with Crippen molar-refractivity contribution in [3.63, 3.8) is 0 Å². The number of benzene rings is 2. The maximum absolute atomic E-state index is 12.2. The summed E-state index contributed by atoms with van der Waals surface area (Å²) in [6.07, 6.45) is 8.03. The lowest BCUT2D eigenvalue weighted by molar-refractivity contribution is -0.150. The van der Waals surface area contributed by atoms with Gasteiger partial charge in [0.1, 0.15) is 6.10 Å². The van der Waals surface area contributed by atoms with Crippen molar-refractivity contribution >= 4 is 5.97 Å². The molecule has 184 valence electrons. The van der Waals surface area contributed by atoms with Crippen LogP contribution in [0.5, 0.6) is 0 Å². The van der Waals surface area contributed by atoms with E-state index < -0.39 is 5.60 Å². The van der Waals surface area contributed by atoms with Gasteiger partial charge in [0, 0.05) is 32.5 Å². The van der Waals surface area contributed by atoms with Crippen molar-refractivity contribution in [1.29, 1.82) is 0 Å². The summed E-state index contributed by atoms with van der Waals surface area (Å²) < 4.78 is 5.94. The smallest absolute Gasteiger partial charge is 0.302 e. The maximum Gasteiger partial charge on any atom is 0.302 e. The number of nitrogens with zero attached hydrogens (tertiary/aromatic N) is 1. The van der Waals surface area contributed by atoms with Crippen LogP contribution in [0.25, 0.3) is 0 Å². The van der Waals surface area contributed by atoms with Gasteiger partial charge >= 0.3 is 5.97 Å². The van der Waals surface area contributed by atoms with Gasteiger partial charge in [0.25, 0.3) is 0 Å². The van der Waals surface area contributed by atoms with Crippen LogP contribution < -0.4 is 0 Å². The molecule has 3 atom stereocenters. The molecule has 0 fully saturated rings. The molecule has 0 spiro atoms. The number of rotatable bonds is 12. The highest BCUT2D eigenvalue weighted by atomic mass is 16.5. The van der Waals surface area contributed by atoms with E-state index in [2.05, 4.69) is 73.4 Å². The number of carbonyl (C=O) groups is 1. The Labute approximate surface area is 205 Å². The number of hydrogen-bond acceptors (Lipinski definition) is 4. The van der Waals surface area contributed by atoms with Crippen molar-refractivity contribution < 1.29 is 14.6 Å². The monoisotopic (exact) mass is 463 g/mol. The molecule has 2 aromatic carbocycles. The Morgan fingerprint density at radius 2 is 1.65 bits per heavy atom. The summed E-state index contributed by atoms with van der Waals surface area (Å²) in [5, 5.41) is 11.5. The Balaban J connectivity index is 1.86. The van der Waals surface area contributed by atoms with Crippen LogP contribution in [-0.2, 0) is 22.6 Å². The van der Waals surface area contributed by atoms with E-state index in [4.69, 9.17) is 4.74 Å². The highest BCUT2D eigenvalue weighted by molar-refractivity contribution is 5.66. The molecule has 0 aliphatic heterocycles. The van der Waals surface area contributed by atoms with Gasteiger partial charge in [-0.15, -0.1) is 0 Å². The lowest BCUT2D eigenvalue weighted by Gasteiger charge is -2.39. The second kappa shape index (κ2) is 12.9. The van der Waals surface area contributed by atoms with E-state index in [0.717, 1.165) is 57.2 Å². The van der Waals surface area contributed by atoms with Crippen molar-refractivity contribution in [2.24, 2.45) is 0 Å². The topological polar surface area (TPSA) is 49.8 Å². The largest absolute Gasteiger partial charge is 0.461 e. The van der Waals surface area contributed by atoms with E-state index >= 15 is 0 Å². The van der Waals surface area contributed by atoms with E-state index in [1.807, 2.05) is 12.1 Å². The lowest BCUT2D eigenvalue weighted by atomic mass is 9.77. The van der Waals surface area contributed by atoms with Gasteiger partial charge in [-0.2, -0.15) is 0 Å². The number of ether oxygens (including phenoxy) is 1. The third-order valence-electron chi connectivity index (χ3n) is 7.04. The quantitative estimate of drug-likeness (QED) is 0.291. The van der Waals surface area contributed by atoms with Crippen molar-refractivity contribution in [2.45, 2.75) is 96.6 Å². The molecule has 34 heavy (non-hydrogen) atoms. The van der Waals surface area contributed by atoms with Gasteiger partial charge < -0.3 is 9.84 Å². The van der Waals surface area contributed by atoms with Gasteiger partial charge in [0.15, 0.2) is 0 Å². The third kappa shape index (κ3) is 7.54. The molecule has 4 heteroatoms. The molecule has 1 N–H and O–H groups in total. The van der Waals surface area contributed by atoms with E-state index in [-0.39, 0.29) is 18.1 Å². The zero-order valence-electron chi connectivity index (χ0n) is 21.1. The zero-order valence-corrected chi connectivity index (χ0v) is 21.1. The van der Waals surface area contributed by atoms with Crippen molar-refractivity contribution in [1.82, 2.24) is 4.90 Å². The predicted molar refractivity (Wildman–Crippen MR) is 138 cm³/mol. The van der Waals surface area contributed by atoms with Crippen LogP contribution >= 0.6 is 0 Å². The first-order valence-electron chi connectivity index (χ1n) is 12.8. The maximum atomic E-state index is 12.2. The summed E-state index contributed by atoms with van der Waals surface area (Å²) in [5.41, 5.74) is 2.71. The molecule has 0 aromatic heterocycles. The second-order valence-electron chi connectivity index (χ2n) is 9.73. The Hall–Kier alpha value is -2.43. The van der Waals surface area contributed by atoms with Gasteiger partial charge in [-0.3, -0.25) is 9.69 Å². The molecule has 0 saturated heterocycles. The molecule has 2 aromatic rings. The first-order chi connectivity index (χ1) is 16.4. The van der Waals surface area contributed by atoms with Crippen LogP contribution in [0.2, 0.25) is 0 Å². The van der Waals surface area contributed by atoms with Gasteiger partial charge in [-0.05, 0) is 49.3 Å². The average Bonchev–Trinajstić information content (AvgIpc) is 2.84. The minimum absolute atomic E-state index is 0.0254. The first-order valence-corrected chi connectivity index (χ1v) is 12.8. The van der Waals surface area contributed by atoms with E-state index in [0.29, 0.717) is 6.42 Å².